The Bertz CT molecular complexity index is 609. The van der Waals surface area contributed by atoms with Gasteiger partial charge in [-0.05, 0) is 25.5 Å². The minimum Gasteiger partial charge on any atom is -0.288 e. The van der Waals surface area contributed by atoms with E-state index >= 15 is 0 Å². The van der Waals surface area contributed by atoms with Gasteiger partial charge in [0.2, 0.25) is 0 Å². The van der Waals surface area contributed by atoms with Crippen LogP contribution in [0.25, 0.3) is 6.08 Å². The molecule has 0 aliphatic carbocycles. The van der Waals surface area contributed by atoms with Crippen LogP contribution < -0.4 is 0 Å². The van der Waals surface area contributed by atoms with Gasteiger partial charge in [0.05, 0.1) is 19.3 Å². The van der Waals surface area contributed by atoms with E-state index < -0.39 is 0 Å². The third-order valence-corrected chi connectivity index (χ3v) is 4.65. The highest BCUT2D eigenvalue weighted by atomic mass is 15.4. The number of quaternary nitrogens is 1. The molecule has 1 atom stereocenters. The van der Waals surface area contributed by atoms with Gasteiger partial charge in [-0.3, -0.25) is 4.48 Å². The number of rotatable bonds is 3. The average molecular weight is 264 g/mol. The van der Waals surface area contributed by atoms with Crippen LogP contribution in [0.15, 0.2) is 60.8 Å². The van der Waals surface area contributed by atoms with Crippen LogP contribution in [0.5, 0.6) is 0 Å². The topological polar surface area (TPSA) is 0 Å². The van der Waals surface area contributed by atoms with Gasteiger partial charge in [0.1, 0.15) is 6.04 Å². The van der Waals surface area contributed by atoms with Gasteiger partial charge in [-0.2, -0.15) is 0 Å². The molecule has 0 saturated carbocycles. The maximum absolute atomic E-state index is 2.39. The van der Waals surface area contributed by atoms with Gasteiger partial charge in [-0.25, -0.2) is 0 Å². The second kappa shape index (κ2) is 5.26. The van der Waals surface area contributed by atoms with Crippen LogP contribution in [0.4, 0.5) is 0 Å². The van der Waals surface area contributed by atoms with E-state index in [2.05, 4.69) is 80.7 Å². The van der Waals surface area contributed by atoms with Crippen molar-refractivity contribution in [2.75, 3.05) is 13.1 Å². The number of benzene rings is 2. The molecule has 0 N–H and O–H groups in total. The quantitative estimate of drug-likeness (QED) is 0.710. The van der Waals surface area contributed by atoms with Crippen molar-refractivity contribution in [3.63, 3.8) is 0 Å². The highest BCUT2D eigenvalue weighted by Crippen LogP contribution is 2.40. The predicted molar refractivity (Wildman–Crippen MR) is 85.1 cm³/mol. The van der Waals surface area contributed by atoms with Crippen LogP contribution in [0, 0.1) is 0 Å². The SMILES string of the molecule is CC[N+]1(CC)C=Cc2ccccc2C1c1ccccc1. The molecule has 1 aliphatic rings. The first kappa shape index (κ1) is 13.1. The van der Waals surface area contributed by atoms with Gasteiger partial charge in [0.25, 0.3) is 0 Å². The van der Waals surface area contributed by atoms with Gasteiger partial charge in [0.15, 0.2) is 0 Å². The molecule has 1 heteroatoms. The van der Waals surface area contributed by atoms with Crippen molar-refractivity contribution >= 4 is 6.08 Å². The average Bonchev–Trinajstić information content (AvgIpc) is 2.54. The molecule has 0 spiro atoms. The Balaban J connectivity index is 2.21. The van der Waals surface area contributed by atoms with E-state index in [1.54, 1.807) is 0 Å². The monoisotopic (exact) mass is 264 g/mol. The van der Waals surface area contributed by atoms with Gasteiger partial charge in [-0.1, -0.05) is 54.6 Å². The van der Waals surface area contributed by atoms with Crippen molar-refractivity contribution in [2.24, 2.45) is 0 Å². The number of hydrogen-bond acceptors (Lipinski definition) is 0. The lowest BCUT2D eigenvalue weighted by molar-refractivity contribution is -0.901. The number of nitrogens with zero attached hydrogens (tertiary/aromatic N) is 1. The second-order valence-corrected chi connectivity index (χ2v) is 5.49. The molecular formula is C19H22N+. The van der Waals surface area contributed by atoms with E-state index in [0.717, 1.165) is 17.6 Å². The molecule has 0 amide bonds. The molecule has 3 rings (SSSR count). The third-order valence-electron chi connectivity index (χ3n) is 4.65. The standard InChI is InChI=1S/C19H22N/c1-3-20(4-2)15-14-16-10-8-9-13-18(16)19(20)17-11-6-5-7-12-17/h5-15,19H,3-4H2,1-2H3/q+1. The minimum atomic E-state index is 0.410. The van der Waals surface area contributed by atoms with Gasteiger partial charge in [0, 0.05) is 11.1 Å². The lowest BCUT2D eigenvalue weighted by Crippen LogP contribution is -2.47. The molecule has 2 aromatic carbocycles. The van der Waals surface area contributed by atoms with E-state index in [-0.39, 0.29) is 0 Å². The Labute approximate surface area is 121 Å². The zero-order chi connectivity index (χ0) is 14.0. The first-order valence-electron chi connectivity index (χ1n) is 7.50. The normalized spacial score (nSPS) is 19.6. The summed E-state index contributed by atoms with van der Waals surface area (Å²) >= 11 is 0. The Morgan fingerprint density at radius 2 is 1.50 bits per heavy atom. The van der Waals surface area contributed by atoms with Crippen LogP contribution in [0.3, 0.4) is 0 Å². The summed E-state index contributed by atoms with van der Waals surface area (Å²) in [6, 6.07) is 20.1. The largest absolute Gasteiger partial charge is 0.288 e. The van der Waals surface area contributed by atoms with Crippen LogP contribution >= 0.6 is 0 Å². The van der Waals surface area contributed by atoms with Crippen molar-refractivity contribution in [1.29, 1.82) is 0 Å². The number of hydrogen-bond donors (Lipinski definition) is 0. The first-order valence-corrected chi connectivity index (χ1v) is 7.50. The van der Waals surface area contributed by atoms with Crippen LogP contribution in [-0.4, -0.2) is 17.6 Å². The summed E-state index contributed by atoms with van der Waals surface area (Å²) < 4.78 is 1.00. The fourth-order valence-electron chi connectivity index (χ4n) is 3.41. The summed E-state index contributed by atoms with van der Waals surface area (Å²) in [6.07, 6.45) is 4.68. The highest BCUT2D eigenvalue weighted by Gasteiger charge is 2.38. The van der Waals surface area contributed by atoms with E-state index in [4.69, 9.17) is 0 Å². The molecule has 1 nitrogen and oxygen atoms in total. The third kappa shape index (κ3) is 1.99. The van der Waals surface area contributed by atoms with Crippen molar-refractivity contribution in [1.82, 2.24) is 0 Å². The summed E-state index contributed by atoms with van der Waals surface area (Å²) in [5.41, 5.74) is 4.22. The van der Waals surface area contributed by atoms with Crippen LogP contribution in [-0.2, 0) is 0 Å². The van der Waals surface area contributed by atoms with Crippen molar-refractivity contribution < 1.29 is 4.48 Å². The molecule has 1 heterocycles. The van der Waals surface area contributed by atoms with E-state index in [1.165, 1.54) is 16.7 Å². The second-order valence-electron chi connectivity index (χ2n) is 5.49. The molecule has 0 aromatic heterocycles. The van der Waals surface area contributed by atoms with Crippen molar-refractivity contribution in [2.45, 2.75) is 19.9 Å². The maximum Gasteiger partial charge on any atom is 0.145 e. The van der Waals surface area contributed by atoms with Crippen molar-refractivity contribution in [3.8, 4) is 0 Å². The zero-order valence-corrected chi connectivity index (χ0v) is 12.3. The molecule has 0 fully saturated rings. The molecule has 0 radical (unpaired) electrons. The molecule has 20 heavy (non-hydrogen) atoms. The summed E-state index contributed by atoms with van der Waals surface area (Å²) in [5.74, 6) is 0. The minimum absolute atomic E-state index is 0.410. The Morgan fingerprint density at radius 1 is 0.850 bits per heavy atom. The van der Waals surface area contributed by atoms with Gasteiger partial charge >= 0.3 is 0 Å². The van der Waals surface area contributed by atoms with Crippen molar-refractivity contribution in [3.05, 3.63) is 77.5 Å². The fraction of sp³-hybridized carbons (Fsp3) is 0.263. The highest BCUT2D eigenvalue weighted by molar-refractivity contribution is 5.57. The molecule has 102 valence electrons. The Kier molecular flexibility index (Phi) is 3.45. The Morgan fingerprint density at radius 3 is 2.20 bits per heavy atom. The Hall–Kier alpha value is -1.86. The first-order chi connectivity index (χ1) is 9.80. The van der Waals surface area contributed by atoms with E-state index in [1.807, 2.05) is 0 Å². The summed E-state index contributed by atoms with van der Waals surface area (Å²) in [5, 5.41) is 0. The summed E-state index contributed by atoms with van der Waals surface area (Å²) in [6.45, 7) is 6.80. The lowest BCUT2D eigenvalue weighted by atomic mass is 9.88. The summed E-state index contributed by atoms with van der Waals surface area (Å²) in [7, 11) is 0. The van der Waals surface area contributed by atoms with Crippen LogP contribution in [0.2, 0.25) is 0 Å². The maximum atomic E-state index is 2.39. The zero-order valence-electron chi connectivity index (χ0n) is 12.3. The fourth-order valence-corrected chi connectivity index (χ4v) is 3.41. The molecule has 2 aromatic rings. The van der Waals surface area contributed by atoms with E-state index in [0.29, 0.717) is 6.04 Å². The van der Waals surface area contributed by atoms with E-state index in [9.17, 15) is 0 Å². The van der Waals surface area contributed by atoms with Gasteiger partial charge < -0.3 is 0 Å². The number of fused-ring (bicyclic) bond motifs is 1. The van der Waals surface area contributed by atoms with Crippen LogP contribution in [0.1, 0.15) is 36.6 Å². The molecule has 1 unspecified atom stereocenters. The molecule has 0 bridgehead atoms. The smallest absolute Gasteiger partial charge is 0.145 e. The predicted octanol–water partition coefficient (Wildman–Crippen LogP) is 4.62. The molecule has 0 saturated heterocycles. The lowest BCUT2D eigenvalue weighted by Gasteiger charge is -2.43. The molecular weight excluding hydrogens is 242 g/mol. The van der Waals surface area contributed by atoms with Gasteiger partial charge in [-0.15, -0.1) is 0 Å². The molecule has 1 aliphatic heterocycles. The summed E-state index contributed by atoms with van der Waals surface area (Å²) in [4.78, 5) is 0.